The molecular formula is C11H11ClFNO3. The highest BCUT2D eigenvalue weighted by Gasteiger charge is 2.22. The number of hydrogen-bond acceptors (Lipinski definition) is 2. The van der Waals surface area contributed by atoms with Crippen molar-refractivity contribution in [1.29, 1.82) is 0 Å². The molecule has 1 rings (SSSR count). The van der Waals surface area contributed by atoms with E-state index in [1.807, 2.05) is 0 Å². The van der Waals surface area contributed by atoms with Crippen LogP contribution in [0.3, 0.4) is 0 Å². The predicted molar refractivity (Wildman–Crippen MR) is 60.2 cm³/mol. The molecular weight excluding hydrogens is 249 g/mol. The van der Waals surface area contributed by atoms with Gasteiger partial charge in [-0.25, -0.2) is 4.39 Å². The molecule has 92 valence electrons. The molecule has 0 bridgehead atoms. The Labute approximate surface area is 102 Å². The Morgan fingerprint density at radius 2 is 2.18 bits per heavy atom. The summed E-state index contributed by atoms with van der Waals surface area (Å²) in [6, 6.07) is 3.04. The first-order valence-corrected chi connectivity index (χ1v) is 5.22. The number of carbonyl (C=O) groups excluding carboxylic acids is 1. The summed E-state index contributed by atoms with van der Waals surface area (Å²) in [6.45, 7) is 1.23. The maximum atomic E-state index is 13.6. The minimum Gasteiger partial charge on any atom is -0.481 e. The van der Waals surface area contributed by atoms with Crippen LogP contribution in [0, 0.1) is 5.82 Å². The number of nitrogens with one attached hydrogen (secondary N) is 1. The normalized spacial score (nSPS) is 11.9. The third kappa shape index (κ3) is 3.71. The summed E-state index contributed by atoms with van der Waals surface area (Å²) in [5, 5.41) is 11.2. The molecule has 4 nitrogen and oxygen atoms in total. The van der Waals surface area contributed by atoms with Crippen LogP contribution >= 0.6 is 11.6 Å². The van der Waals surface area contributed by atoms with Crippen LogP contribution in [0.4, 0.5) is 4.39 Å². The third-order valence-electron chi connectivity index (χ3n) is 2.10. The van der Waals surface area contributed by atoms with Gasteiger partial charge in [-0.3, -0.25) is 9.59 Å². The van der Waals surface area contributed by atoms with Gasteiger partial charge in [0.2, 0.25) is 5.91 Å². The number of carbonyl (C=O) groups is 2. The number of hydrogen-bond donors (Lipinski definition) is 2. The average molecular weight is 260 g/mol. The van der Waals surface area contributed by atoms with Crippen molar-refractivity contribution >= 4 is 23.5 Å². The zero-order chi connectivity index (χ0) is 13.0. The molecule has 0 aliphatic carbocycles. The number of aliphatic carboxylic acids is 1. The largest absolute Gasteiger partial charge is 0.481 e. The Morgan fingerprint density at radius 1 is 1.53 bits per heavy atom. The molecule has 0 aliphatic rings. The Kier molecular flexibility index (Phi) is 4.45. The fraction of sp³-hybridized carbons (Fsp3) is 0.273. The number of rotatable bonds is 4. The van der Waals surface area contributed by atoms with Gasteiger partial charge in [0.15, 0.2) is 0 Å². The number of carboxylic acid groups (broad SMARTS) is 1. The summed E-state index contributed by atoms with van der Waals surface area (Å²) in [7, 11) is 0. The van der Waals surface area contributed by atoms with Crippen molar-refractivity contribution in [3.63, 3.8) is 0 Å². The van der Waals surface area contributed by atoms with E-state index in [0.717, 1.165) is 6.07 Å². The third-order valence-corrected chi connectivity index (χ3v) is 2.43. The Hall–Kier alpha value is -1.62. The van der Waals surface area contributed by atoms with Crippen molar-refractivity contribution in [1.82, 2.24) is 5.32 Å². The van der Waals surface area contributed by atoms with Crippen LogP contribution in [0.1, 0.15) is 24.9 Å². The molecule has 1 atom stereocenters. The quantitative estimate of drug-likeness (QED) is 0.870. The lowest BCUT2D eigenvalue weighted by atomic mass is 10.0. The summed E-state index contributed by atoms with van der Waals surface area (Å²) in [5.41, 5.74) is -0.00762. The number of halogens is 2. The number of benzene rings is 1. The lowest BCUT2D eigenvalue weighted by Gasteiger charge is -2.18. The second-order valence-electron chi connectivity index (χ2n) is 3.49. The van der Waals surface area contributed by atoms with Crippen LogP contribution in [0.2, 0.25) is 5.02 Å². The van der Waals surface area contributed by atoms with E-state index < -0.39 is 30.2 Å². The Bertz CT molecular complexity index is 414. The molecule has 0 saturated carbocycles. The van der Waals surface area contributed by atoms with Gasteiger partial charge in [0.25, 0.3) is 0 Å². The van der Waals surface area contributed by atoms with Gasteiger partial charge in [0, 0.05) is 17.5 Å². The molecule has 0 saturated heterocycles. The van der Waals surface area contributed by atoms with Crippen LogP contribution in [0.25, 0.3) is 0 Å². The molecule has 0 aliphatic heterocycles. The fourth-order valence-corrected chi connectivity index (χ4v) is 1.78. The van der Waals surface area contributed by atoms with E-state index in [2.05, 4.69) is 5.32 Å². The molecule has 1 aromatic rings. The fourth-order valence-electron chi connectivity index (χ4n) is 1.49. The second kappa shape index (κ2) is 5.63. The van der Waals surface area contributed by atoms with Gasteiger partial charge in [0.05, 0.1) is 12.5 Å². The van der Waals surface area contributed by atoms with Crippen molar-refractivity contribution in [2.24, 2.45) is 0 Å². The molecule has 0 spiro atoms. The van der Waals surface area contributed by atoms with Crippen molar-refractivity contribution in [3.05, 3.63) is 34.6 Å². The predicted octanol–water partition coefficient (Wildman–Crippen LogP) is 2.13. The molecule has 0 heterocycles. The average Bonchev–Trinajstić information content (AvgIpc) is 2.14. The second-order valence-corrected chi connectivity index (χ2v) is 3.89. The molecule has 17 heavy (non-hydrogen) atoms. The lowest BCUT2D eigenvalue weighted by Crippen LogP contribution is -2.29. The van der Waals surface area contributed by atoms with Gasteiger partial charge in [-0.15, -0.1) is 0 Å². The first kappa shape index (κ1) is 13.4. The van der Waals surface area contributed by atoms with Crippen molar-refractivity contribution in [3.8, 4) is 0 Å². The Balaban J connectivity index is 3.11. The molecule has 1 aromatic carbocycles. The van der Waals surface area contributed by atoms with Crippen LogP contribution in [0.5, 0.6) is 0 Å². The molecule has 2 N–H and O–H groups in total. The topological polar surface area (TPSA) is 66.4 Å². The monoisotopic (exact) mass is 259 g/mol. The molecule has 0 radical (unpaired) electrons. The molecule has 1 unspecified atom stereocenters. The molecule has 0 aromatic heterocycles. The number of carboxylic acids is 1. The summed E-state index contributed by atoms with van der Waals surface area (Å²) in [4.78, 5) is 21.6. The maximum Gasteiger partial charge on any atom is 0.305 e. The van der Waals surface area contributed by atoms with Crippen LogP contribution < -0.4 is 5.32 Å². The molecule has 0 fully saturated rings. The van der Waals surface area contributed by atoms with Gasteiger partial charge in [-0.05, 0) is 12.1 Å². The Morgan fingerprint density at radius 3 is 2.65 bits per heavy atom. The summed E-state index contributed by atoms with van der Waals surface area (Å²) < 4.78 is 13.6. The zero-order valence-electron chi connectivity index (χ0n) is 9.04. The van der Waals surface area contributed by atoms with Crippen molar-refractivity contribution in [2.75, 3.05) is 0 Å². The maximum absolute atomic E-state index is 13.6. The van der Waals surface area contributed by atoms with Gasteiger partial charge in [-0.1, -0.05) is 17.7 Å². The summed E-state index contributed by atoms with van der Waals surface area (Å²) >= 11 is 5.81. The van der Waals surface area contributed by atoms with Gasteiger partial charge in [0.1, 0.15) is 5.82 Å². The highest BCUT2D eigenvalue weighted by Crippen LogP contribution is 2.27. The smallest absolute Gasteiger partial charge is 0.305 e. The van der Waals surface area contributed by atoms with Crippen LogP contribution in [-0.4, -0.2) is 17.0 Å². The van der Waals surface area contributed by atoms with E-state index in [-0.39, 0.29) is 10.6 Å². The van der Waals surface area contributed by atoms with Crippen LogP contribution in [-0.2, 0) is 9.59 Å². The molecule has 1 amide bonds. The van der Waals surface area contributed by atoms with Gasteiger partial charge in [-0.2, -0.15) is 0 Å². The van der Waals surface area contributed by atoms with E-state index in [1.54, 1.807) is 0 Å². The van der Waals surface area contributed by atoms with E-state index in [0.29, 0.717) is 0 Å². The van der Waals surface area contributed by atoms with E-state index in [9.17, 15) is 14.0 Å². The van der Waals surface area contributed by atoms with Crippen molar-refractivity contribution < 1.29 is 19.1 Å². The van der Waals surface area contributed by atoms with Gasteiger partial charge < -0.3 is 10.4 Å². The van der Waals surface area contributed by atoms with Crippen LogP contribution in [0.15, 0.2) is 18.2 Å². The summed E-state index contributed by atoms with van der Waals surface area (Å²) in [5.74, 6) is -2.24. The van der Waals surface area contributed by atoms with E-state index >= 15 is 0 Å². The first-order valence-electron chi connectivity index (χ1n) is 4.84. The first-order chi connectivity index (χ1) is 7.91. The molecule has 6 heteroatoms. The summed E-state index contributed by atoms with van der Waals surface area (Å²) in [6.07, 6.45) is -0.430. The van der Waals surface area contributed by atoms with Gasteiger partial charge >= 0.3 is 5.97 Å². The van der Waals surface area contributed by atoms with E-state index in [4.69, 9.17) is 16.7 Å². The standard InChI is InChI=1S/C11H11ClFNO3/c1-6(15)14-9(5-10(16)17)11-7(12)3-2-4-8(11)13/h2-4,9H,5H2,1H3,(H,14,15)(H,16,17). The lowest BCUT2D eigenvalue weighted by molar-refractivity contribution is -0.137. The SMILES string of the molecule is CC(=O)NC(CC(=O)O)c1c(F)cccc1Cl. The van der Waals surface area contributed by atoms with Crippen molar-refractivity contribution in [2.45, 2.75) is 19.4 Å². The minimum atomic E-state index is -1.15. The highest BCUT2D eigenvalue weighted by molar-refractivity contribution is 6.31. The number of amides is 1. The minimum absolute atomic E-state index is 0.00762. The zero-order valence-corrected chi connectivity index (χ0v) is 9.79. The highest BCUT2D eigenvalue weighted by atomic mass is 35.5. The van der Waals surface area contributed by atoms with E-state index in [1.165, 1.54) is 19.1 Å².